The zero-order valence-electron chi connectivity index (χ0n) is 9.43. The molecule has 0 radical (unpaired) electrons. The fourth-order valence-corrected chi connectivity index (χ4v) is 2.00. The summed E-state index contributed by atoms with van der Waals surface area (Å²) in [5.74, 6) is -0.827. The van der Waals surface area contributed by atoms with Gasteiger partial charge in [0.2, 0.25) is 11.8 Å². The smallest absolute Gasteiger partial charge is 0.223 e. The summed E-state index contributed by atoms with van der Waals surface area (Å²) in [4.78, 5) is 24.3. The van der Waals surface area contributed by atoms with E-state index in [1.54, 1.807) is 11.0 Å². The summed E-state index contributed by atoms with van der Waals surface area (Å²) in [6.07, 6.45) is 0.210. The summed E-state index contributed by atoms with van der Waals surface area (Å²) in [7, 11) is 0. The average Bonchev–Trinajstić information content (AvgIpc) is 2.64. The lowest BCUT2D eigenvalue weighted by molar-refractivity contribution is -0.128. The zero-order valence-corrected chi connectivity index (χ0v) is 9.43. The van der Waals surface area contributed by atoms with E-state index in [0.717, 1.165) is 5.56 Å². The molecule has 1 aromatic carbocycles. The first-order valence-corrected chi connectivity index (χ1v) is 5.48. The van der Waals surface area contributed by atoms with Gasteiger partial charge in [0.1, 0.15) is 0 Å². The Morgan fingerprint density at radius 3 is 2.71 bits per heavy atom. The number of hydrogen-bond acceptors (Lipinski definition) is 3. The van der Waals surface area contributed by atoms with Crippen molar-refractivity contribution < 1.29 is 9.59 Å². The highest BCUT2D eigenvalue weighted by Gasteiger charge is 2.32. The van der Waals surface area contributed by atoms with Crippen molar-refractivity contribution in [3.05, 3.63) is 29.8 Å². The first-order chi connectivity index (χ1) is 8.08. The zero-order chi connectivity index (χ0) is 12.4. The van der Waals surface area contributed by atoms with Crippen LogP contribution in [0.3, 0.4) is 0 Å². The lowest BCUT2D eigenvalue weighted by Crippen LogP contribution is -2.28. The van der Waals surface area contributed by atoms with Gasteiger partial charge in [0.25, 0.3) is 0 Å². The SMILES string of the molecule is NC(=O)C1CC(=O)N(Cc2ccccc2N)C1. The second-order valence-corrected chi connectivity index (χ2v) is 4.28. The normalized spacial score (nSPS) is 19.6. The molecule has 0 aliphatic carbocycles. The monoisotopic (exact) mass is 233 g/mol. The van der Waals surface area contributed by atoms with E-state index in [1.165, 1.54) is 0 Å². The summed E-state index contributed by atoms with van der Waals surface area (Å²) in [5.41, 5.74) is 12.6. The lowest BCUT2D eigenvalue weighted by atomic mass is 10.1. The van der Waals surface area contributed by atoms with Crippen LogP contribution < -0.4 is 11.5 Å². The minimum atomic E-state index is -0.415. The number of carbonyl (C=O) groups excluding carboxylic acids is 2. The molecule has 90 valence electrons. The Morgan fingerprint density at radius 2 is 2.12 bits per heavy atom. The van der Waals surface area contributed by atoms with E-state index in [9.17, 15) is 9.59 Å². The van der Waals surface area contributed by atoms with Crippen LogP contribution in [0.2, 0.25) is 0 Å². The Balaban J connectivity index is 2.08. The number of carbonyl (C=O) groups is 2. The number of nitrogens with two attached hydrogens (primary N) is 2. The van der Waals surface area contributed by atoms with Crippen LogP contribution in [0.5, 0.6) is 0 Å². The summed E-state index contributed by atoms with van der Waals surface area (Å²) in [6.45, 7) is 0.831. The number of nitrogen functional groups attached to an aromatic ring is 1. The van der Waals surface area contributed by atoms with Gasteiger partial charge in [-0.25, -0.2) is 0 Å². The Labute approximate surface area is 99.4 Å². The van der Waals surface area contributed by atoms with Crippen LogP contribution in [0.25, 0.3) is 0 Å². The molecule has 2 amide bonds. The molecule has 0 saturated carbocycles. The summed E-state index contributed by atoms with van der Waals surface area (Å²) < 4.78 is 0. The van der Waals surface area contributed by atoms with Gasteiger partial charge in [-0.2, -0.15) is 0 Å². The first kappa shape index (κ1) is 11.4. The molecule has 0 aromatic heterocycles. The van der Waals surface area contributed by atoms with Crippen molar-refractivity contribution in [1.29, 1.82) is 0 Å². The minimum Gasteiger partial charge on any atom is -0.398 e. The maximum atomic E-state index is 11.7. The van der Waals surface area contributed by atoms with E-state index in [-0.39, 0.29) is 18.2 Å². The summed E-state index contributed by atoms with van der Waals surface area (Å²) in [6, 6.07) is 7.39. The van der Waals surface area contributed by atoms with Crippen LogP contribution in [-0.4, -0.2) is 23.3 Å². The second-order valence-electron chi connectivity index (χ2n) is 4.28. The fourth-order valence-electron chi connectivity index (χ4n) is 2.00. The van der Waals surface area contributed by atoms with E-state index in [0.29, 0.717) is 18.8 Å². The van der Waals surface area contributed by atoms with E-state index in [1.807, 2.05) is 18.2 Å². The van der Waals surface area contributed by atoms with Gasteiger partial charge in [-0.1, -0.05) is 18.2 Å². The molecular formula is C12H15N3O2. The number of anilines is 1. The van der Waals surface area contributed by atoms with Crippen molar-refractivity contribution in [2.75, 3.05) is 12.3 Å². The molecule has 1 aromatic rings. The van der Waals surface area contributed by atoms with Crippen molar-refractivity contribution in [1.82, 2.24) is 4.90 Å². The van der Waals surface area contributed by atoms with Crippen molar-refractivity contribution in [2.45, 2.75) is 13.0 Å². The van der Waals surface area contributed by atoms with Crippen LogP contribution in [0.15, 0.2) is 24.3 Å². The Kier molecular flexibility index (Phi) is 2.99. The van der Waals surface area contributed by atoms with Gasteiger partial charge in [-0.15, -0.1) is 0 Å². The Morgan fingerprint density at radius 1 is 1.41 bits per heavy atom. The maximum absolute atomic E-state index is 11.7. The number of benzene rings is 1. The third kappa shape index (κ3) is 2.38. The van der Waals surface area contributed by atoms with Gasteiger partial charge in [-0.3, -0.25) is 9.59 Å². The quantitative estimate of drug-likeness (QED) is 0.726. The molecule has 1 heterocycles. The number of amides is 2. The largest absolute Gasteiger partial charge is 0.398 e. The van der Waals surface area contributed by atoms with Crippen LogP contribution in [0.4, 0.5) is 5.69 Å². The van der Waals surface area contributed by atoms with Gasteiger partial charge < -0.3 is 16.4 Å². The number of primary amides is 1. The topological polar surface area (TPSA) is 89.4 Å². The van der Waals surface area contributed by atoms with Crippen molar-refractivity contribution >= 4 is 17.5 Å². The van der Waals surface area contributed by atoms with Crippen LogP contribution in [-0.2, 0) is 16.1 Å². The minimum absolute atomic E-state index is 0.0444. The van der Waals surface area contributed by atoms with E-state index < -0.39 is 5.91 Å². The van der Waals surface area contributed by atoms with Gasteiger partial charge in [0, 0.05) is 25.2 Å². The molecule has 1 fully saturated rings. The molecule has 1 saturated heterocycles. The molecule has 2 rings (SSSR count). The molecule has 17 heavy (non-hydrogen) atoms. The highest BCUT2D eigenvalue weighted by atomic mass is 16.2. The molecule has 1 aliphatic rings. The van der Waals surface area contributed by atoms with Gasteiger partial charge in [-0.05, 0) is 11.6 Å². The number of para-hydroxylation sites is 1. The number of hydrogen-bond donors (Lipinski definition) is 2. The lowest BCUT2D eigenvalue weighted by Gasteiger charge is -2.17. The number of rotatable bonds is 3. The first-order valence-electron chi connectivity index (χ1n) is 5.48. The van der Waals surface area contributed by atoms with E-state index in [2.05, 4.69) is 0 Å². The highest BCUT2D eigenvalue weighted by molar-refractivity contribution is 5.88. The van der Waals surface area contributed by atoms with Crippen LogP contribution in [0, 0.1) is 5.92 Å². The molecule has 4 N–H and O–H groups in total. The van der Waals surface area contributed by atoms with E-state index >= 15 is 0 Å². The maximum Gasteiger partial charge on any atom is 0.223 e. The fraction of sp³-hybridized carbons (Fsp3) is 0.333. The second kappa shape index (κ2) is 4.45. The van der Waals surface area contributed by atoms with Gasteiger partial charge in [0.05, 0.1) is 5.92 Å². The van der Waals surface area contributed by atoms with E-state index in [4.69, 9.17) is 11.5 Å². The predicted octanol–water partition coefficient (Wildman–Crippen LogP) is 0.103. The summed E-state index contributed by atoms with van der Waals surface area (Å²) in [5, 5.41) is 0. The summed E-state index contributed by atoms with van der Waals surface area (Å²) >= 11 is 0. The van der Waals surface area contributed by atoms with Crippen molar-refractivity contribution in [3.8, 4) is 0 Å². The average molecular weight is 233 g/mol. The van der Waals surface area contributed by atoms with Crippen molar-refractivity contribution in [2.24, 2.45) is 11.7 Å². The van der Waals surface area contributed by atoms with Gasteiger partial charge in [0.15, 0.2) is 0 Å². The Bertz CT molecular complexity index is 459. The van der Waals surface area contributed by atoms with Crippen LogP contribution in [0.1, 0.15) is 12.0 Å². The third-order valence-electron chi connectivity index (χ3n) is 3.03. The Hall–Kier alpha value is -2.04. The van der Waals surface area contributed by atoms with Crippen molar-refractivity contribution in [3.63, 3.8) is 0 Å². The number of nitrogens with zero attached hydrogens (tertiary/aromatic N) is 1. The molecule has 5 nitrogen and oxygen atoms in total. The molecule has 1 aliphatic heterocycles. The van der Waals surface area contributed by atoms with Gasteiger partial charge >= 0.3 is 0 Å². The predicted molar refractivity (Wildman–Crippen MR) is 63.6 cm³/mol. The molecule has 0 spiro atoms. The third-order valence-corrected chi connectivity index (χ3v) is 3.03. The van der Waals surface area contributed by atoms with Crippen LogP contribution >= 0.6 is 0 Å². The highest BCUT2D eigenvalue weighted by Crippen LogP contribution is 2.21. The number of likely N-dealkylation sites (tertiary alicyclic amines) is 1. The molecule has 5 heteroatoms. The molecule has 1 unspecified atom stereocenters. The standard InChI is InChI=1S/C12H15N3O2/c13-10-4-2-1-3-8(10)6-15-7-9(12(14)17)5-11(15)16/h1-4,9H,5-7,13H2,(H2,14,17). The molecule has 1 atom stereocenters. The molecular weight excluding hydrogens is 218 g/mol. The molecule has 0 bridgehead atoms.